The molecule has 0 saturated heterocycles. The smallest absolute Gasteiger partial charge is 0.407 e. The number of carbonyl (C=O) groups is 2. The van der Waals surface area contributed by atoms with Gasteiger partial charge in [0, 0.05) is 6.54 Å². The van der Waals surface area contributed by atoms with Crippen LogP contribution in [0.1, 0.15) is 33.6 Å². The van der Waals surface area contributed by atoms with E-state index in [1.165, 1.54) is 0 Å². The third kappa shape index (κ3) is 4.97. The van der Waals surface area contributed by atoms with Gasteiger partial charge in [0.25, 0.3) is 0 Å². The predicted molar refractivity (Wildman–Crippen MR) is 70.1 cm³/mol. The lowest BCUT2D eigenvalue weighted by Crippen LogP contribution is -2.46. The Morgan fingerprint density at radius 1 is 1.20 bits per heavy atom. The summed E-state index contributed by atoms with van der Waals surface area (Å²) in [6.07, 6.45) is -2.50. The van der Waals surface area contributed by atoms with Crippen LogP contribution in [0, 0.1) is 11.8 Å². The highest BCUT2D eigenvalue weighted by atomic mass is 16.6. The second kappa shape index (κ2) is 6.41. The number of aliphatic hydroxyl groups is 2. The third-order valence-corrected chi connectivity index (χ3v) is 3.28. The summed E-state index contributed by atoms with van der Waals surface area (Å²) in [5, 5.41) is 30.8. The molecule has 0 aliphatic heterocycles. The van der Waals surface area contributed by atoms with E-state index in [0.29, 0.717) is 0 Å². The monoisotopic (exact) mass is 289 g/mol. The van der Waals surface area contributed by atoms with Crippen molar-refractivity contribution in [3.8, 4) is 0 Å². The lowest BCUT2D eigenvalue weighted by Gasteiger charge is -2.35. The fourth-order valence-corrected chi connectivity index (χ4v) is 2.30. The van der Waals surface area contributed by atoms with Crippen LogP contribution in [0.5, 0.6) is 0 Å². The Hall–Kier alpha value is -1.34. The van der Waals surface area contributed by atoms with E-state index < -0.39 is 41.7 Å². The van der Waals surface area contributed by atoms with Gasteiger partial charge >= 0.3 is 12.1 Å². The van der Waals surface area contributed by atoms with Crippen LogP contribution in [0.15, 0.2) is 0 Å². The van der Waals surface area contributed by atoms with Crippen molar-refractivity contribution in [1.29, 1.82) is 0 Å². The van der Waals surface area contributed by atoms with E-state index in [0.717, 1.165) is 0 Å². The highest BCUT2D eigenvalue weighted by Crippen LogP contribution is 2.30. The Balaban J connectivity index is 2.55. The number of hydrogen-bond acceptors (Lipinski definition) is 5. The highest BCUT2D eigenvalue weighted by Gasteiger charge is 2.39. The lowest BCUT2D eigenvalue weighted by atomic mass is 9.76. The SMILES string of the molecule is CC(C)(C)OC(=O)NC[C@H]1C[C@H](O)[C@H](O)C[C@H]1C(=O)O. The van der Waals surface area contributed by atoms with Crippen LogP contribution >= 0.6 is 0 Å². The van der Waals surface area contributed by atoms with Crippen LogP contribution in [-0.2, 0) is 9.53 Å². The molecule has 20 heavy (non-hydrogen) atoms. The summed E-state index contributed by atoms with van der Waals surface area (Å²) >= 11 is 0. The summed E-state index contributed by atoms with van der Waals surface area (Å²) in [6, 6.07) is 0. The molecule has 0 aromatic rings. The molecule has 0 aromatic carbocycles. The van der Waals surface area contributed by atoms with Crippen molar-refractivity contribution in [3.05, 3.63) is 0 Å². The molecule has 1 amide bonds. The first kappa shape index (κ1) is 16.7. The molecule has 1 rings (SSSR count). The number of carboxylic acid groups (broad SMARTS) is 1. The van der Waals surface area contributed by atoms with Crippen molar-refractivity contribution in [3.63, 3.8) is 0 Å². The summed E-state index contributed by atoms with van der Waals surface area (Å²) in [6.45, 7) is 5.28. The van der Waals surface area contributed by atoms with Crippen molar-refractivity contribution >= 4 is 12.1 Å². The molecule has 0 unspecified atom stereocenters. The van der Waals surface area contributed by atoms with E-state index in [1.54, 1.807) is 20.8 Å². The summed E-state index contributed by atoms with van der Waals surface area (Å²) in [7, 11) is 0. The van der Waals surface area contributed by atoms with E-state index in [2.05, 4.69) is 5.32 Å². The molecular formula is C13H23NO6. The zero-order chi connectivity index (χ0) is 15.5. The highest BCUT2D eigenvalue weighted by molar-refractivity contribution is 5.71. The van der Waals surface area contributed by atoms with Crippen molar-refractivity contribution < 1.29 is 29.6 Å². The molecule has 1 aliphatic rings. The Morgan fingerprint density at radius 2 is 1.75 bits per heavy atom. The van der Waals surface area contributed by atoms with Gasteiger partial charge in [0.2, 0.25) is 0 Å². The van der Waals surface area contributed by atoms with E-state index >= 15 is 0 Å². The molecule has 0 aromatic heterocycles. The molecule has 0 bridgehead atoms. The third-order valence-electron chi connectivity index (χ3n) is 3.28. The van der Waals surface area contributed by atoms with E-state index in [4.69, 9.17) is 9.84 Å². The first-order chi connectivity index (χ1) is 9.10. The van der Waals surface area contributed by atoms with E-state index in [1.807, 2.05) is 0 Å². The molecule has 1 saturated carbocycles. The normalized spacial score (nSPS) is 30.6. The number of carbonyl (C=O) groups excluding carboxylic acids is 1. The van der Waals surface area contributed by atoms with Crippen molar-refractivity contribution in [2.75, 3.05) is 6.54 Å². The summed E-state index contributed by atoms with van der Waals surface area (Å²) in [5.74, 6) is -2.26. The lowest BCUT2D eigenvalue weighted by molar-refractivity contribution is -0.150. The molecule has 4 N–H and O–H groups in total. The van der Waals surface area contributed by atoms with Gasteiger partial charge in [-0.25, -0.2) is 4.79 Å². The van der Waals surface area contributed by atoms with Crippen molar-refractivity contribution in [2.45, 2.75) is 51.4 Å². The summed E-state index contributed by atoms with van der Waals surface area (Å²) in [4.78, 5) is 22.7. The molecule has 0 spiro atoms. The van der Waals surface area contributed by atoms with Crippen LogP contribution in [0.25, 0.3) is 0 Å². The minimum absolute atomic E-state index is 0.0167. The molecule has 1 aliphatic carbocycles. The van der Waals surface area contributed by atoms with Crippen LogP contribution in [-0.4, -0.2) is 51.7 Å². The van der Waals surface area contributed by atoms with Crippen molar-refractivity contribution in [1.82, 2.24) is 5.32 Å². The number of hydrogen-bond donors (Lipinski definition) is 4. The van der Waals surface area contributed by atoms with Gasteiger partial charge in [0.1, 0.15) is 5.60 Å². The fourth-order valence-electron chi connectivity index (χ4n) is 2.30. The number of amides is 1. The second-order valence-electron chi connectivity index (χ2n) is 6.19. The van der Waals surface area contributed by atoms with Crippen LogP contribution in [0.3, 0.4) is 0 Å². The molecule has 0 radical (unpaired) electrons. The van der Waals surface area contributed by atoms with Gasteiger partial charge in [-0.3, -0.25) is 4.79 Å². The Morgan fingerprint density at radius 3 is 2.25 bits per heavy atom. The molecular weight excluding hydrogens is 266 g/mol. The fraction of sp³-hybridized carbons (Fsp3) is 0.846. The Kier molecular flexibility index (Phi) is 5.35. The number of carboxylic acids is 1. The van der Waals surface area contributed by atoms with Crippen LogP contribution in [0.2, 0.25) is 0 Å². The topological polar surface area (TPSA) is 116 Å². The molecule has 116 valence electrons. The first-order valence-corrected chi connectivity index (χ1v) is 6.66. The standard InChI is InChI=1S/C13H23NO6/c1-13(2,3)20-12(19)14-6-7-4-9(15)10(16)5-8(7)11(17)18/h7-10,15-16H,4-6H2,1-3H3,(H,14,19)(H,17,18)/t7-,8-,9+,10-/m1/s1. The first-order valence-electron chi connectivity index (χ1n) is 6.66. The minimum Gasteiger partial charge on any atom is -0.481 e. The molecule has 7 nitrogen and oxygen atoms in total. The van der Waals surface area contributed by atoms with Gasteiger partial charge in [-0.2, -0.15) is 0 Å². The summed E-state index contributed by atoms with van der Waals surface area (Å²) in [5.41, 5.74) is -0.626. The van der Waals surface area contributed by atoms with Crippen LogP contribution in [0.4, 0.5) is 4.79 Å². The number of rotatable bonds is 3. The van der Waals surface area contributed by atoms with Gasteiger partial charge in [-0.05, 0) is 39.5 Å². The molecule has 0 heterocycles. The van der Waals surface area contributed by atoms with Gasteiger partial charge in [0.15, 0.2) is 0 Å². The number of ether oxygens (including phenoxy) is 1. The average Bonchev–Trinajstić information content (AvgIpc) is 2.27. The quantitative estimate of drug-likeness (QED) is 0.595. The zero-order valence-corrected chi connectivity index (χ0v) is 12.0. The molecule has 1 fully saturated rings. The Bertz CT molecular complexity index is 364. The number of aliphatic hydroxyl groups excluding tert-OH is 2. The maximum Gasteiger partial charge on any atom is 0.407 e. The number of aliphatic carboxylic acids is 1. The van der Waals surface area contributed by atoms with E-state index in [-0.39, 0.29) is 19.4 Å². The predicted octanol–water partition coefficient (Wildman–Crippen LogP) is 0.344. The van der Waals surface area contributed by atoms with Crippen molar-refractivity contribution in [2.24, 2.45) is 11.8 Å². The zero-order valence-electron chi connectivity index (χ0n) is 12.0. The average molecular weight is 289 g/mol. The van der Waals surface area contributed by atoms with E-state index in [9.17, 15) is 19.8 Å². The van der Waals surface area contributed by atoms with Gasteiger partial charge in [0.05, 0.1) is 18.1 Å². The number of nitrogens with one attached hydrogen (secondary N) is 1. The summed E-state index contributed by atoms with van der Waals surface area (Å²) < 4.78 is 5.06. The largest absolute Gasteiger partial charge is 0.481 e. The van der Waals surface area contributed by atoms with Gasteiger partial charge < -0.3 is 25.4 Å². The van der Waals surface area contributed by atoms with Gasteiger partial charge in [-0.1, -0.05) is 0 Å². The van der Waals surface area contributed by atoms with Crippen LogP contribution < -0.4 is 5.32 Å². The van der Waals surface area contributed by atoms with Gasteiger partial charge in [-0.15, -0.1) is 0 Å². The number of alkyl carbamates (subject to hydrolysis) is 1. The Labute approximate surface area is 117 Å². The maximum absolute atomic E-state index is 11.5. The molecule has 4 atom stereocenters. The second-order valence-corrected chi connectivity index (χ2v) is 6.19. The maximum atomic E-state index is 11.5. The minimum atomic E-state index is -1.04. The molecule has 7 heteroatoms.